The summed E-state index contributed by atoms with van der Waals surface area (Å²) in [6.07, 6.45) is 1.95. The predicted octanol–water partition coefficient (Wildman–Crippen LogP) is 2.84. The van der Waals surface area contributed by atoms with Crippen molar-refractivity contribution in [3.05, 3.63) is 29.3 Å². The van der Waals surface area contributed by atoms with Crippen molar-refractivity contribution in [1.82, 2.24) is 0 Å². The average molecular weight is 194 g/mol. The van der Waals surface area contributed by atoms with Gasteiger partial charge in [-0.15, -0.1) is 12.6 Å². The van der Waals surface area contributed by atoms with Crippen LogP contribution in [0.25, 0.3) is 0 Å². The average Bonchev–Trinajstić information content (AvgIpc) is 2.17. The maximum Gasteiger partial charge on any atom is 0.127 e. The Kier molecular flexibility index (Phi) is 3.55. The molecule has 0 saturated carbocycles. The fourth-order valence-corrected chi connectivity index (χ4v) is 1.60. The van der Waals surface area contributed by atoms with Gasteiger partial charge in [-0.05, 0) is 23.6 Å². The van der Waals surface area contributed by atoms with E-state index in [-0.39, 0.29) is 5.92 Å². The molecule has 1 unspecified atom stereocenters. The lowest BCUT2D eigenvalue weighted by molar-refractivity contribution is -0.108. The third kappa shape index (κ3) is 2.34. The third-order valence-electron chi connectivity index (χ3n) is 2.19. The number of rotatable bonds is 3. The summed E-state index contributed by atoms with van der Waals surface area (Å²) in [6.45, 7) is 3.99. The highest BCUT2D eigenvalue weighted by Crippen LogP contribution is 2.23. The summed E-state index contributed by atoms with van der Waals surface area (Å²) < 4.78 is 0. The van der Waals surface area contributed by atoms with Gasteiger partial charge in [0.2, 0.25) is 0 Å². The lowest BCUT2D eigenvalue weighted by Gasteiger charge is -2.09. The Morgan fingerprint density at radius 1 is 1.54 bits per heavy atom. The molecule has 0 fully saturated rings. The van der Waals surface area contributed by atoms with Crippen molar-refractivity contribution in [2.45, 2.75) is 31.1 Å². The van der Waals surface area contributed by atoms with Crippen LogP contribution in [0.4, 0.5) is 0 Å². The largest absolute Gasteiger partial charge is 0.303 e. The molecule has 0 aromatic heterocycles. The number of carbonyl (C=O) groups excluding carboxylic acids is 1. The zero-order valence-corrected chi connectivity index (χ0v) is 8.84. The monoisotopic (exact) mass is 194 g/mol. The lowest BCUT2D eigenvalue weighted by atomic mass is 9.99. The van der Waals surface area contributed by atoms with Crippen LogP contribution in [0.5, 0.6) is 0 Å². The summed E-state index contributed by atoms with van der Waals surface area (Å²) in [5.74, 6) is -0.0565. The molecule has 1 aromatic carbocycles. The molecule has 0 N–H and O–H groups in total. The van der Waals surface area contributed by atoms with Gasteiger partial charge in [-0.3, -0.25) is 0 Å². The summed E-state index contributed by atoms with van der Waals surface area (Å²) >= 11 is 4.32. The van der Waals surface area contributed by atoms with Crippen LogP contribution < -0.4 is 0 Å². The van der Waals surface area contributed by atoms with E-state index in [2.05, 4.69) is 25.6 Å². The molecule has 1 rings (SSSR count). The van der Waals surface area contributed by atoms with E-state index in [0.29, 0.717) is 0 Å². The number of thiol groups is 1. The Bertz CT molecular complexity index is 307. The molecule has 0 amide bonds. The Labute approximate surface area is 84.6 Å². The number of carbonyl (C=O) groups is 1. The van der Waals surface area contributed by atoms with Gasteiger partial charge in [0.1, 0.15) is 6.29 Å². The van der Waals surface area contributed by atoms with Gasteiger partial charge in [-0.1, -0.05) is 26.0 Å². The van der Waals surface area contributed by atoms with E-state index < -0.39 is 0 Å². The molecule has 0 spiro atoms. The maximum atomic E-state index is 10.6. The molecule has 70 valence electrons. The molecule has 2 heteroatoms. The highest BCUT2D eigenvalue weighted by molar-refractivity contribution is 7.80. The summed E-state index contributed by atoms with van der Waals surface area (Å²) in [7, 11) is 0. The molecule has 0 saturated heterocycles. The van der Waals surface area contributed by atoms with Crippen LogP contribution >= 0.6 is 12.6 Å². The maximum absolute atomic E-state index is 10.6. The standard InChI is InChI=1S/C11H14OS/c1-3-9-4-5-11(13)10(6-9)8(2)7-12/h4-8,13H,3H2,1-2H3. The van der Waals surface area contributed by atoms with Crippen LogP contribution in [0.2, 0.25) is 0 Å². The van der Waals surface area contributed by atoms with Crippen molar-refractivity contribution in [3.8, 4) is 0 Å². The minimum Gasteiger partial charge on any atom is -0.303 e. The van der Waals surface area contributed by atoms with Gasteiger partial charge in [0, 0.05) is 10.8 Å². The quantitative estimate of drug-likeness (QED) is 0.578. The second-order valence-corrected chi connectivity index (χ2v) is 3.65. The van der Waals surface area contributed by atoms with Crippen LogP contribution in [-0.4, -0.2) is 6.29 Å². The van der Waals surface area contributed by atoms with Gasteiger partial charge in [0.05, 0.1) is 0 Å². The first-order valence-corrected chi connectivity index (χ1v) is 4.90. The Morgan fingerprint density at radius 2 is 2.23 bits per heavy atom. The summed E-state index contributed by atoms with van der Waals surface area (Å²) in [5, 5.41) is 0. The molecular weight excluding hydrogens is 180 g/mol. The van der Waals surface area contributed by atoms with Gasteiger partial charge < -0.3 is 4.79 Å². The van der Waals surface area contributed by atoms with E-state index in [1.165, 1.54) is 5.56 Å². The Hall–Kier alpha value is -0.760. The van der Waals surface area contributed by atoms with Crippen molar-refractivity contribution in [2.24, 2.45) is 0 Å². The first-order chi connectivity index (χ1) is 6.19. The second kappa shape index (κ2) is 4.47. The number of hydrogen-bond donors (Lipinski definition) is 1. The molecule has 1 aromatic rings. The first-order valence-electron chi connectivity index (χ1n) is 4.46. The molecular formula is C11H14OS. The molecule has 1 atom stereocenters. The smallest absolute Gasteiger partial charge is 0.127 e. The van der Waals surface area contributed by atoms with Crippen LogP contribution in [0, 0.1) is 0 Å². The highest BCUT2D eigenvalue weighted by Gasteiger charge is 2.07. The normalized spacial score (nSPS) is 12.5. The number of hydrogen-bond acceptors (Lipinski definition) is 2. The minimum absolute atomic E-state index is 0.0565. The van der Waals surface area contributed by atoms with Crippen LogP contribution in [-0.2, 0) is 11.2 Å². The second-order valence-electron chi connectivity index (χ2n) is 3.17. The van der Waals surface area contributed by atoms with Gasteiger partial charge in [-0.25, -0.2) is 0 Å². The molecule has 0 bridgehead atoms. The van der Waals surface area contributed by atoms with Crippen LogP contribution in [0.3, 0.4) is 0 Å². The van der Waals surface area contributed by atoms with Crippen molar-refractivity contribution < 1.29 is 4.79 Å². The van der Waals surface area contributed by atoms with Crippen molar-refractivity contribution in [2.75, 3.05) is 0 Å². The van der Waals surface area contributed by atoms with Gasteiger partial charge in [-0.2, -0.15) is 0 Å². The van der Waals surface area contributed by atoms with Gasteiger partial charge >= 0.3 is 0 Å². The molecule has 0 heterocycles. The summed E-state index contributed by atoms with van der Waals surface area (Å²) in [4.78, 5) is 11.5. The number of aryl methyl sites for hydroxylation is 1. The number of benzene rings is 1. The van der Waals surface area contributed by atoms with E-state index >= 15 is 0 Å². The topological polar surface area (TPSA) is 17.1 Å². The summed E-state index contributed by atoms with van der Waals surface area (Å²) in [5.41, 5.74) is 2.28. The zero-order valence-electron chi connectivity index (χ0n) is 7.95. The van der Waals surface area contributed by atoms with E-state index in [0.717, 1.165) is 23.2 Å². The van der Waals surface area contributed by atoms with Crippen LogP contribution in [0.15, 0.2) is 23.1 Å². The first kappa shape index (κ1) is 10.3. The molecule has 0 aliphatic rings. The molecule has 0 radical (unpaired) electrons. The minimum atomic E-state index is -0.0565. The fourth-order valence-electron chi connectivity index (χ4n) is 1.26. The van der Waals surface area contributed by atoms with Crippen molar-refractivity contribution in [3.63, 3.8) is 0 Å². The van der Waals surface area contributed by atoms with E-state index in [1.807, 2.05) is 19.1 Å². The number of aldehydes is 1. The molecule has 13 heavy (non-hydrogen) atoms. The summed E-state index contributed by atoms with van der Waals surface area (Å²) in [6, 6.07) is 6.06. The zero-order chi connectivity index (χ0) is 9.84. The van der Waals surface area contributed by atoms with Gasteiger partial charge in [0.25, 0.3) is 0 Å². The molecule has 0 aliphatic heterocycles. The van der Waals surface area contributed by atoms with Crippen LogP contribution in [0.1, 0.15) is 30.9 Å². The van der Waals surface area contributed by atoms with Crippen molar-refractivity contribution >= 4 is 18.9 Å². The van der Waals surface area contributed by atoms with Gasteiger partial charge in [0.15, 0.2) is 0 Å². The Morgan fingerprint density at radius 3 is 2.77 bits per heavy atom. The van der Waals surface area contributed by atoms with Crippen molar-refractivity contribution in [1.29, 1.82) is 0 Å². The SMILES string of the molecule is CCc1ccc(S)c(C(C)C=O)c1. The Balaban J connectivity index is 3.10. The van der Waals surface area contributed by atoms with E-state index in [9.17, 15) is 4.79 Å². The highest BCUT2D eigenvalue weighted by atomic mass is 32.1. The fraction of sp³-hybridized carbons (Fsp3) is 0.364. The molecule has 1 nitrogen and oxygen atoms in total. The third-order valence-corrected chi connectivity index (χ3v) is 2.60. The lowest BCUT2D eigenvalue weighted by Crippen LogP contribution is -1.97. The predicted molar refractivity (Wildman–Crippen MR) is 57.6 cm³/mol. The van der Waals surface area contributed by atoms with E-state index in [1.54, 1.807) is 0 Å². The van der Waals surface area contributed by atoms with E-state index in [4.69, 9.17) is 0 Å². The molecule has 0 aliphatic carbocycles.